The Labute approximate surface area is 159 Å². The standard InChI is InChI=1S/C20H22N2O4S/c1-14-8-4-5-9-15(14)21-18(23)13-22-16-10-6-7-11-17(16)27(25,26)20(2,3)12-19(22)24/h4-11H,12-13H2,1-3H3,(H,21,23). The molecule has 0 unspecified atom stereocenters. The van der Waals surface area contributed by atoms with Gasteiger partial charge in [0, 0.05) is 12.1 Å². The third-order valence-corrected chi connectivity index (χ3v) is 7.30. The highest BCUT2D eigenvalue weighted by molar-refractivity contribution is 7.93. The fourth-order valence-corrected chi connectivity index (χ4v) is 4.73. The second kappa shape index (κ2) is 6.81. The minimum Gasteiger partial charge on any atom is -0.324 e. The molecule has 0 radical (unpaired) electrons. The van der Waals surface area contributed by atoms with Gasteiger partial charge in [-0.25, -0.2) is 8.42 Å². The third kappa shape index (κ3) is 3.47. The summed E-state index contributed by atoms with van der Waals surface area (Å²) in [5.74, 6) is -0.780. The van der Waals surface area contributed by atoms with E-state index in [1.165, 1.54) is 24.8 Å². The highest BCUT2D eigenvalue weighted by atomic mass is 32.2. The van der Waals surface area contributed by atoms with Crippen LogP contribution in [0.15, 0.2) is 53.4 Å². The fraction of sp³-hybridized carbons (Fsp3) is 0.300. The zero-order chi connectivity index (χ0) is 19.8. The average molecular weight is 386 g/mol. The van der Waals surface area contributed by atoms with Crippen molar-refractivity contribution >= 4 is 33.0 Å². The predicted molar refractivity (Wildman–Crippen MR) is 104 cm³/mol. The van der Waals surface area contributed by atoms with Gasteiger partial charge in [-0.2, -0.15) is 0 Å². The van der Waals surface area contributed by atoms with Crippen LogP contribution in [0.25, 0.3) is 0 Å². The van der Waals surface area contributed by atoms with Crippen LogP contribution in [0.1, 0.15) is 25.8 Å². The Kier molecular flexibility index (Phi) is 4.82. The number of sulfone groups is 1. The lowest BCUT2D eigenvalue weighted by atomic mass is 10.1. The van der Waals surface area contributed by atoms with E-state index in [1.54, 1.807) is 24.3 Å². The lowest BCUT2D eigenvalue weighted by Crippen LogP contribution is -2.40. The van der Waals surface area contributed by atoms with Crippen LogP contribution in [0.2, 0.25) is 0 Å². The first-order chi connectivity index (χ1) is 12.6. The zero-order valence-corrected chi connectivity index (χ0v) is 16.3. The van der Waals surface area contributed by atoms with Crippen molar-refractivity contribution in [3.05, 3.63) is 54.1 Å². The SMILES string of the molecule is Cc1ccccc1NC(=O)CN1C(=O)CC(C)(C)S(=O)(=O)c2ccccc21. The van der Waals surface area contributed by atoms with Gasteiger partial charge in [0.15, 0.2) is 9.84 Å². The molecule has 1 aliphatic rings. The molecule has 0 fully saturated rings. The molecule has 0 aliphatic carbocycles. The van der Waals surface area contributed by atoms with E-state index < -0.39 is 20.5 Å². The lowest BCUT2D eigenvalue weighted by molar-refractivity contribution is -0.121. The summed E-state index contributed by atoms with van der Waals surface area (Å²) in [4.78, 5) is 26.7. The van der Waals surface area contributed by atoms with Crippen LogP contribution in [0.4, 0.5) is 11.4 Å². The molecule has 0 spiro atoms. The predicted octanol–water partition coefficient (Wildman–Crippen LogP) is 2.92. The number of nitrogens with zero attached hydrogens (tertiary/aromatic N) is 1. The molecule has 1 heterocycles. The van der Waals surface area contributed by atoms with Gasteiger partial charge in [-0.3, -0.25) is 9.59 Å². The summed E-state index contributed by atoms with van der Waals surface area (Å²) in [6, 6.07) is 13.7. The highest BCUT2D eigenvalue weighted by Gasteiger charge is 2.44. The zero-order valence-electron chi connectivity index (χ0n) is 15.5. The third-order valence-electron chi connectivity index (χ3n) is 4.77. The number of rotatable bonds is 3. The smallest absolute Gasteiger partial charge is 0.244 e. The van der Waals surface area contributed by atoms with Crippen molar-refractivity contribution in [3.8, 4) is 0 Å². The molecule has 3 rings (SSSR count). The number of fused-ring (bicyclic) bond motifs is 1. The largest absolute Gasteiger partial charge is 0.324 e. The van der Waals surface area contributed by atoms with Crippen molar-refractivity contribution in [2.24, 2.45) is 0 Å². The molecule has 0 saturated carbocycles. The van der Waals surface area contributed by atoms with E-state index in [1.807, 2.05) is 25.1 Å². The molecule has 142 valence electrons. The normalized spacial score (nSPS) is 17.7. The molecular weight excluding hydrogens is 364 g/mol. The summed E-state index contributed by atoms with van der Waals surface area (Å²) in [5, 5.41) is 2.79. The molecule has 7 heteroatoms. The summed E-state index contributed by atoms with van der Waals surface area (Å²) in [5.41, 5.74) is 1.80. The molecule has 0 bridgehead atoms. The van der Waals surface area contributed by atoms with Crippen LogP contribution in [0.3, 0.4) is 0 Å². The van der Waals surface area contributed by atoms with Crippen molar-refractivity contribution in [2.45, 2.75) is 36.8 Å². The van der Waals surface area contributed by atoms with E-state index in [4.69, 9.17) is 0 Å². The number of nitrogens with one attached hydrogen (secondary N) is 1. The number of carbonyl (C=O) groups excluding carboxylic acids is 2. The highest BCUT2D eigenvalue weighted by Crippen LogP contribution is 2.38. The summed E-state index contributed by atoms with van der Waals surface area (Å²) >= 11 is 0. The Morgan fingerprint density at radius 3 is 2.44 bits per heavy atom. The minimum atomic E-state index is -3.72. The first kappa shape index (κ1) is 19.1. The van der Waals surface area contributed by atoms with Gasteiger partial charge >= 0.3 is 0 Å². The molecule has 6 nitrogen and oxygen atoms in total. The minimum absolute atomic E-state index is 0.0736. The van der Waals surface area contributed by atoms with Crippen LogP contribution in [-0.4, -0.2) is 31.5 Å². The number of carbonyl (C=O) groups is 2. The molecule has 0 aromatic heterocycles. The molecule has 1 aliphatic heterocycles. The van der Waals surface area contributed by atoms with Crippen molar-refractivity contribution in [1.29, 1.82) is 0 Å². The number of para-hydroxylation sites is 2. The second-order valence-electron chi connectivity index (χ2n) is 7.25. The van der Waals surface area contributed by atoms with Gasteiger partial charge < -0.3 is 10.2 Å². The Balaban J connectivity index is 1.96. The van der Waals surface area contributed by atoms with Crippen molar-refractivity contribution in [1.82, 2.24) is 0 Å². The first-order valence-corrected chi connectivity index (χ1v) is 10.1. The van der Waals surface area contributed by atoms with E-state index in [0.29, 0.717) is 5.69 Å². The molecule has 27 heavy (non-hydrogen) atoms. The number of aryl methyl sites for hydroxylation is 1. The van der Waals surface area contributed by atoms with E-state index in [9.17, 15) is 18.0 Å². The fourth-order valence-electron chi connectivity index (χ4n) is 3.11. The second-order valence-corrected chi connectivity index (χ2v) is 9.80. The van der Waals surface area contributed by atoms with Gasteiger partial charge in [0.1, 0.15) is 6.54 Å². The lowest BCUT2D eigenvalue weighted by Gasteiger charge is -2.22. The summed E-state index contributed by atoms with van der Waals surface area (Å²) in [6.07, 6.45) is -0.193. The number of hydrogen-bond acceptors (Lipinski definition) is 4. The molecule has 1 N–H and O–H groups in total. The van der Waals surface area contributed by atoms with E-state index >= 15 is 0 Å². The van der Waals surface area contributed by atoms with Crippen LogP contribution < -0.4 is 10.2 Å². The molecule has 0 atom stereocenters. The van der Waals surface area contributed by atoms with Gasteiger partial charge in [-0.1, -0.05) is 30.3 Å². The molecule has 2 aromatic rings. The van der Waals surface area contributed by atoms with Crippen LogP contribution >= 0.6 is 0 Å². The van der Waals surface area contributed by atoms with Gasteiger partial charge in [-0.05, 0) is 44.5 Å². The first-order valence-electron chi connectivity index (χ1n) is 8.63. The van der Waals surface area contributed by atoms with E-state index in [2.05, 4.69) is 5.32 Å². The monoisotopic (exact) mass is 386 g/mol. The number of hydrogen-bond donors (Lipinski definition) is 1. The summed E-state index contributed by atoms with van der Waals surface area (Å²) < 4.78 is 24.7. The number of anilines is 2. The molecular formula is C20H22N2O4S. The van der Waals surface area contributed by atoms with Crippen molar-refractivity contribution in [3.63, 3.8) is 0 Å². The van der Waals surface area contributed by atoms with Crippen molar-refractivity contribution < 1.29 is 18.0 Å². The quantitative estimate of drug-likeness (QED) is 0.879. The van der Waals surface area contributed by atoms with Crippen LogP contribution in [0.5, 0.6) is 0 Å². The Bertz CT molecular complexity index is 1010. The Hall–Kier alpha value is -2.67. The summed E-state index contributed by atoms with van der Waals surface area (Å²) in [7, 11) is -3.72. The van der Waals surface area contributed by atoms with Crippen LogP contribution in [-0.2, 0) is 19.4 Å². The number of amides is 2. The topological polar surface area (TPSA) is 83.6 Å². The number of benzene rings is 2. The van der Waals surface area contributed by atoms with Gasteiger partial charge in [0.2, 0.25) is 11.8 Å². The maximum Gasteiger partial charge on any atom is 0.244 e. The summed E-state index contributed by atoms with van der Waals surface area (Å²) in [6.45, 7) is 4.69. The maximum absolute atomic E-state index is 13.0. The van der Waals surface area contributed by atoms with Crippen LogP contribution in [0, 0.1) is 6.92 Å². The van der Waals surface area contributed by atoms with Gasteiger partial charge in [-0.15, -0.1) is 0 Å². The molecule has 2 amide bonds. The Morgan fingerprint density at radius 1 is 1.11 bits per heavy atom. The van der Waals surface area contributed by atoms with Crippen molar-refractivity contribution in [2.75, 3.05) is 16.8 Å². The molecule has 0 saturated heterocycles. The maximum atomic E-state index is 13.0. The molecule has 2 aromatic carbocycles. The van der Waals surface area contributed by atoms with E-state index in [0.717, 1.165) is 5.56 Å². The average Bonchev–Trinajstić information content (AvgIpc) is 2.65. The van der Waals surface area contributed by atoms with E-state index in [-0.39, 0.29) is 29.5 Å². The van der Waals surface area contributed by atoms with Gasteiger partial charge in [0.25, 0.3) is 0 Å². The van der Waals surface area contributed by atoms with Gasteiger partial charge in [0.05, 0.1) is 15.3 Å². The Morgan fingerprint density at radius 2 is 1.74 bits per heavy atom.